The van der Waals surface area contributed by atoms with E-state index in [1.54, 1.807) is 24.7 Å². The number of hydrogen-bond donors (Lipinski definition) is 2. The summed E-state index contributed by atoms with van der Waals surface area (Å²) in [7, 11) is 0. The van der Waals surface area contributed by atoms with Gasteiger partial charge in [0.05, 0.1) is 11.9 Å². The van der Waals surface area contributed by atoms with Crippen molar-refractivity contribution >= 4 is 5.97 Å². The Morgan fingerprint density at radius 3 is 2.66 bits per heavy atom. The highest BCUT2D eigenvalue weighted by atomic mass is 16.4. The average Bonchev–Trinajstić information content (AvgIpc) is 3.15. The molecule has 0 aliphatic heterocycles. The van der Waals surface area contributed by atoms with E-state index in [2.05, 4.69) is 28.2 Å². The third-order valence-electron chi connectivity index (χ3n) is 5.34. The number of rotatable bonds is 3. The topological polar surface area (TPSA) is 88.2 Å². The fourth-order valence-electron chi connectivity index (χ4n) is 4.03. The third kappa shape index (κ3) is 2.77. The summed E-state index contributed by atoms with van der Waals surface area (Å²) in [6.07, 6.45) is 6.67. The van der Waals surface area contributed by atoms with E-state index >= 15 is 0 Å². The van der Waals surface area contributed by atoms with Gasteiger partial charge in [-0.2, -0.15) is 0 Å². The Kier molecular flexibility index (Phi) is 3.91. The summed E-state index contributed by atoms with van der Waals surface area (Å²) < 4.78 is 2.03. The molecule has 6 nitrogen and oxygen atoms in total. The molecule has 2 aromatic carbocycles. The number of carbonyl (C=O) groups is 1. The Bertz CT molecular complexity index is 1250. The van der Waals surface area contributed by atoms with Gasteiger partial charge in [0.1, 0.15) is 17.0 Å². The van der Waals surface area contributed by atoms with Gasteiger partial charge in [-0.15, -0.1) is 0 Å². The van der Waals surface area contributed by atoms with E-state index in [1.807, 2.05) is 16.7 Å². The second-order valence-electron chi connectivity index (χ2n) is 6.98. The number of nitrogens with zero attached hydrogens (tertiary/aromatic N) is 3. The Labute approximate surface area is 166 Å². The van der Waals surface area contributed by atoms with Crippen molar-refractivity contribution < 1.29 is 15.0 Å². The summed E-state index contributed by atoms with van der Waals surface area (Å²) in [5, 5.41) is 19.4. The molecule has 4 aromatic rings. The molecule has 2 N–H and O–H groups in total. The molecule has 0 saturated carbocycles. The minimum absolute atomic E-state index is 0.133. The zero-order valence-corrected chi connectivity index (χ0v) is 15.4. The van der Waals surface area contributed by atoms with Gasteiger partial charge < -0.3 is 14.8 Å². The SMILES string of the molecule is O=C(O)c1cc(-n2c(-c3cnccn3)cc3c2CCc2ccccc2-3)ccc1O. The zero-order valence-electron chi connectivity index (χ0n) is 15.4. The molecule has 0 spiro atoms. The van der Waals surface area contributed by atoms with E-state index in [4.69, 9.17) is 0 Å². The Balaban J connectivity index is 1.81. The van der Waals surface area contributed by atoms with Crippen molar-refractivity contribution in [1.82, 2.24) is 14.5 Å². The van der Waals surface area contributed by atoms with Crippen LogP contribution in [0.2, 0.25) is 0 Å². The van der Waals surface area contributed by atoms with Gasteiger partial charge in [0, 0.05) is 29.3 Å². The maximum atomic E-state index is 11.6. The van der Waals surface area contributed by atoms with Crippen molar-refractivity contribution in [3.8, 4) is 34.0 Å². The molecule has 1 aliphatic carbocycles. The van der Waals surface area contributed by atoms with Gasteiger partial charge >= 0.3 is 5.97 Å². The van der Waals surface area contributed by atoms with E-state index in [0.717, 1.165) is 29.8 Å². The number of aryl methyl sites for hydroxylation is 1. The summed E-state index contributed by atoms with van der Waals surface area (Å²) in [6, 6.07) is 15.0. The van der Waals surface area contributed by atoms with Crippen LogP contribution in [-0.2, 0) is 12.8 Å². The monoisotopic (exact) mass is 383 g/mol. The highest BCUT2D eigenvalue weighted by Crippen LogP contribution is 2.40. The highest BCUT2D eigenvalue weighted by Gasteiger charge is 2.25. The lowest BCUT2D eigenvalue weighted by Gasteiger charge is -2.20. The average molecular weight is 383 g/mol. The molecule has 0 radical (unpaired) electrons. The predicted molar refractivity (Wildman–Crippen MR) is 108 cm³/mol. The van der Waals surface area contributed by atoms with Crippen molar-refractivity contribution in [3.05, 3.63) is 83.9 Å². The maximum absolute atomic E-state index is 11.6. The molecule has 142 valence electrons. The van der Waals surface area contributed by atoms with Gasteiger partial charge in [0.25, 0.3) is 0 Å². The number of benzene rings is 2. The van der Waals surface area contributed by atoms with Gasteiger partial charge in [-0.05, 0) is 48.2 Å². The van der Waals surface area contributed by atoms with Crippen LogP contribution in [0.5, 0.6) is 5.75 Å². The second-order valence-corrected chi connectivity index (χ2v) is 6.98. The normalized spacial score (nSPS) is 12.3. The number of fused-ring (bicyclic) bond motifs is 3. The smallest absolute Gasteiger partial charge is 0.339 e. The number of aromatic carboxylic acids is 1. The third-order valence-corrected chi connectivity index (χ3v) is 5.34. The van der Waals surface area contributed by atoms with E-state index in [0.29, 0.717) is 11.4 Å². The fourth-order valence-corrected chi connectivity index (χ4v) is 4.03. The lowest BCUT2D eigenvalue weighted by Crippen LogP contribution is -2.10. The van der Waals surface area contributed by atoms with Crippen LogP contribution in [0.25, 0.3) is 28.2 Å². The first-order chi connectivity index (χ1) is 14.1. The predicted octanol–water partition coefficient (Wildman–Crippen LogP) is 4.10. The summed E-state index contributed by atoms with van der Waals surface area (Å²) in [4.78, 5) is 20.2. The molecule has 2 heterocycles. The van der Waals surface area contributed by atoms with E-state index in [-0.39, 0.29) is 11.3 Å². The molecule has 5 rings (SSSR count). The van der Waals surface area contributed by atoms with Crippen LogP contribution < -0.4 is 0 Å². The highest BCUT2D eigenvalue weighted by molar-refractivity contribution is 5.91. The van der Waals surface area contributed by atoms with Crippen molar-refractivity contribution in [3.63, 3.8) is 0 Å². The lowest BCUT2D eigenvalue weighted by atomic mass is 9.90. The van der Waals surface area contributed by atoms with E-state index < -0.39 is 5.97 Å². The minimum atomic E-state index is -1.17. The summed E-state index contributed by atoms with van der Waals surface area (Å²) >= 11 is 0. The molecule has 0 bridgehead atoms. The molecule has 0 fully saturated rings. The quantitative estimate of drug-likeness (QED) is 0.556. The van der Waals surface area contributed by atoms with Crippen LogP contribution in [0.15, 0.2) is 67.1 Å². The Morgan fingerprint density at radius 1 is 1.00 bits per heavy atom. The van der Waals surface area contributed by atoms with Crippen molar-refractivity contribution in [2.75, 3.05) is 0 Å². The molecule has 2 aromatic heterocycles. The number of aromatic nitrogens is 3. The van der Waals surface area contributed by atoms with Gasteiger partial charge in [0.2, 0.25) is 0 Å². The largest absolute Gasteiger partial charge is 0.507 e. The van der Waals surface area contributed by atoms with Gasteiger partial charge in [0.15, 0.2) is 0 Å². The van der Waals surface area contributed by atoms with Crippen LogP contribution in [0, 0.1) is 0 Å². The zero-order chi connectivity index (χ0) is 20.0. The maximum Gasteiger partial charge on any atom is 0.339 e. The van der Waals surface area contributed by atoms with E-state index in [1.165, 1.54) is 23.3 Å². The number of phenols is 1. The van der Waals surface area contributed by atoms with Crippen LogP contribution in [-0.4, -0.2) is 30.7 Å². The number of aromatic hydroxyl groups is 1. The molecule has 0 amide bonds. The first kappa shape index (κ1) is 17.2. The van der Waals surface area contributed by atoms with Crippen LogP contribution >= 0.6 is 0 Å². The second kappa shape index (κ2) is 6.60. The summed E-state index contributed by atoms with van der Waals surface area (Å²) in [5.74, 6) is -1.43. The molecule has 0 unspecified atom stereocenters. The molecule has 0 saturated heterocycles. The molecular formula is C23H17N3O3. The molecular weight excluding hydrogens is 366 g/mol. The van der Waals surface area contributed by atoms with Gasteiger partial charge in [-0.3, -0.25) is 9.97 Å². The van der Waals surface area contributed by atoms with Crippen molar-refractivity contribution in [1.29, 1.82) is 0 Å². The number of carboxylic acid groups (broad SMARTS) is 1. The molecule has 29 heavy (non-hydrogen) atoms. The number of carboxylic acids is 1. The van der Waals surface area contributed by atoms with Crippen LogP contribution in [0.1, 0.15) is 21.6 Å². The first-order valence-corrected chi connectivity index (χ1v) is 9.29. The molecule has 0 atom stereocenters. The van der Waals surface area contributed by atoms with Crippen LogP contribution in [0.3, 0.4) is 0 Å². The minimum Gasteiger partial charge on any atom is -0.507 e. The number of hydrogen-bond acceptors (Lipinski definition) is 4. The Morgan fingerprint density at radius 2 is 1.86 bits per heavy atom. The van der Waals surface area contributed by atoms with E-state index in [9.17, 15) is 15.0 Å². The van der Waals surface area contributed by atoms with Gasteiger partial charge in [-0.1, -0.05) is 24.3 Å². The Hall–Kier alpha value is -3.93. The summed E-state index contributed by atoms with van der Waals surface area (Å²) in [5.41, 5.74) is 6.73. The van der Waals surface area contributed by atoms with Crippen LogP contribution in [0.4, 0.5) is 0 Å². The standard InChI is InChI=1S/C23H17N3O3/c27-22-8-6-15(11-18(22)23(28)29)26-20-7-5-14-3-1-2-4-16(14)17(20)12-21(26)19-13-24-9-10-25-19/h1-4,6,8-13,27H,5,7H2,(H,28,29). The lowest BCUT2D eigenvalue weighted by molar-refractivity contribution is 0.0693. The van der Waals surface area contributed by atoms with Crippen molar-refractivity contribution in [2.45, 2.75) is 12.8 Å². The molecule has 6 heteroatoms. The summed E-state index contributed by atoms with van der Waals surface area (Å²) in [6.45, 7) is 0. The van der Waals surface area contributed by atoms with Crippen molar-refractivity contribution in [2.24, 2.45) is 0 Å². The first-order valence-electron chi connectivity index (χ1n) is 9.29. The fraction of sp³-hybridized carbons (Fsp3) is 0.0870. The van der Waals surface area contributed by atoms with Gasteiger partial charge in [-0.25, -0.2) is 4.79 Å². The molecule has 1 aliphatic rings.